The summed E-state index contributed by atoms with van der Waals surface area (Å²) in [5, 5.41) is 9.05. The van der Waals surface area contributed by atoms with Gasteiger partial charge in [0.15, 0.2) is 0 Å². The van der Waals surface area contributed by atoms with Crippen molar-refractivity contribution in [3.63, 3.8) is 0 Å². The van der Waals surface area contributed by atoms with Gasteiger partial charge in [0.1, 0.15) is 0 Å². The van der Waals surface area contributed by atoms with E-state index in [0.29, 0.717) is 39.0 Å². The Bertz CT molecular complexity index is 381. The molecule has 1 aliphatic heterocycles. The fraction of sp³-hybridized carbons (Fsp3) is 0.733. The van der Waals surface area contributed by atoms with Crippen molar-refractivity contribution in [2.45, 2.75) is 39.7 Å². The molecule has 0 aromatic carbocycles. The van der Waals surface area contributed by atoms with E-state index in [1.165, 1.54) is 0 Å². The van der Waals surface area contributed by atoms with Crippen LogP contribution in [0.5, 0.6) is 0 Å². The zero-order chi connectivity index (χ0) is 15.3. The molecule has 5 nitrogen and oxygen atoms in total. The highest BCUT2D eigenvalue weighted by Gasteiger charge is 2.31. The number of likely N-dealkylation sites (tertiary alicyclic amines) is 1. The van der Waals surface area contributed by atoms with E-state index in [2.05, 4.69) is 11.5 Å². The number of rotatable bonds is 6. The molecule has 1 fully saturated rings. The Morgan fingerprint density at radius 3 is 2.55 bits per heavy atom. The van der Waals surface area contributed by atoms with E-state index >= 15 is 0 Å². The molecule has 0 aromatic heterocycles. The van der Waals surface area contributed by atoms with E-state index in [0.717, 1.165) is 5.57 Å². The lowest BCUT2D eigenvalue weighted by molar-refractivity contribution is -0.144. The van der Waals surface area contributed by atoms with Crippen LogP contribution in [0.4, 0.5) is 0 Å². The molecule has 114 valence electrons. The zero-order valence-electron chi connectivity index (χ0n) is 12.8. The monoisotopic (exact) mass is 282 g/mol. The smallest absolute Gasteiger partial charge is 0.306 e. The van der Waals surface area contributed by atoms with Crippen LogP contribution in [0.3, 0.4) is 0 Å². The molecule has 5 heteroatoms. The molecule has 1 aliphatic rings. The van der Waals surface area contributed by atoms with Crippen LogP contribution < -0.4 is 0 Å². The normalized spacial score (nSPS) is 23.4. The highest BCUT2D eigenvalue weighted by Crippen LogP contribution is 2.22. The first-order valence-corrected chi connectivity index (χ1v) is 7.24. The van der Waals surface area contributed by atoms with E-state index in [1.54, 1.807) is 4.90 Å². The van der Waals surface area contributed by atoms with Crippen LogP contribution in [0.2, 0.25) is 0 Å². The van der Waals surface area contributed by atoms with Gasteiger partial charge >= 0.3 is 5.97 Å². The average molecular weight is 282 g/mol. The Labute approximate surface area is 121 Å². The van der Waals surface area contributed by atoms with Crippen LogP contribution >= 0.6 is 0 Å². The van der Waals surface area contributed by atoms with Crippen molar-refractivity contribution >= 4 is 11.9 Å². The minimum absolute atomic E-state index is 0.0936. The molecule has 1 N–H and O–H groups in total. The van der Waals surface area contributed by atoms with Crippen LogP contribution in [0.25, 0.3) is 0 Å². The van der Waals surface area contributed by atoms with Gasteiger partial charge in [-0.3, -0.25) is 14.5 Å². The number of carbonyl (C=O) groups excluding carboxylic acids is 1. The molecule has 20 heavy (non-hydrogen) atoms. The second-order valence-corrected chi connectivity index (χ2v) is 5.74. The molecule has 1 rings (SSSR count). The summed E-state index contributed by atoms with van der Waals surface area (Å²) >= 11 is 0. The van der Waals surface area contributed by atoms with Crippen LogP contribution in [-0.2, 0) is 9.59 Å². The van der Waals surface area contributed by atoms with Crippen molar-refractivity contribution in [3.05, 3.63) is 12.2 Å². The van der Waals surface area contributed by atoms with Crippen LogP contribution in [0.15, 0.2) is 12.2 Å². The average Bonchev–Trinajstić information content (AvgIpc) is 2.37. The number of hydrogen-bond donors (Lipinski definition) is 1. The van der Waals surface area contributed by atoms with Gasteiger partial charge in [-0.1, -0.05) is 12.2 Å². The summed E-state index contributed by atoms with van der Waals surface area (Å²) in [6.45, 7) is 12.0. The summed E-state index contributed by atoms with van der Waals surface area (Å²) in [7, 11) is 0. The predicted octanol–water partition coefficient (Wildman–Crippen LogP) is 1.60. The van der Waals surface area contributed by atoms with E-state index in [9.17, 15) is 9.59 Å². The van der Waals surface area contributed by atoms with Crippen molar-refractivity contribution in [1.82, 2.24) is 9.80 Å². The van der Waals surface area contributed by atoms with Crippen LogP contribution in [0, 0.1) is 5.92 Å². The van der Waals surface area contributed by atoms with Crippen LogP contribution in [0.1, 0.15) is 33.6 Å². The van der Waals surface area contributed by atoms with Gasteiger partial charge in [-0.25, -0.2) is 0 Å². The summed E-state index contributed by atoms with van der Waals surface area (Å²) < 4.78 is 0. The SMILES string of the molecule is C=C(C)CN(CC)C(=O)CN1CCC(C(=O)O)CC1C. The third-order valence-corrected chi connectivity index (χ3v) is 3.90. The lowest BCUT2D eigenvalue weighted by atomic mass is 9.92. The third-order valence-electron chi connectivity index (χ3n) is 3.90. The quantitative estimate of drug-likeness (QED) is 0.752. The summed E-state index contributed by atoms with van der Waals surface area (Å²) in [6, 6.07) is 0.136. The number of carboxylic acids is 1. The van der Waals surface area contributed by atoms with Crippen molar-refractivity contribution < 1.29 is 14.7 Å². The van der Waals surface area contributed by atoms with Gasteiger partial charge in [0.25, 0.3) is 0 Å². The van der Waals surface area contributed by atoms with E-state index in [4.69, 9.17) is 5.11 Å². The largest absolute Gasteiger partial charge is 0.481 e. The number of nitrogens with zero attached hydrogens (tertiary/aromatic N) is 2. The Kier molecular flexibility index (Phi) is 6.20. The number of carboxylic acid groups (broad SMARTS) is 1. The van der Waals surface area contributed by atoms with Crippen molar-refractivity contribution in [2.24, 2.45) is 5.92 Å². The highest BCUT2D eigenvalue weighted by molar-refractivity contribution is 5.78. The number of likely N-dealkylation sites (N-methyl/N-ethyl adjacent to an activating group) is 1. The van der Waals surface area contributed by atoms with Gasteiger partial charge in [-0.05, 0) is 40.2 Å². The summed E-state index contributed by atoms with van der Waals surface area (Å²) in [4.78, 5) is 27.1. The molecule has 2 unspecified atom stereocenters. The summed E-state index contributed by atoms with van der Waals surface area (Å²) in [6.07, 6.45) is 1.24. The van der Waals surface area contributed by atoms with Gasteiger partial charge < -0.3 is 10.0 Å². The fourth-order valence-electron chi connectivity index (χ4n) is 2.66. The standard InChI is InChI=1S/C15H26N2O3/c1-5-16(9-11(2)3)14(18)10-17-7-6-13(15(19)20)8-12(17)4/h12-13H,2,5-10H2,1,3-4H3,(H,19,20). The first kappa shape index (κ1) is 16.7. The molecular formula is C15H26N2O3. The second-order valence-electron chi connectivity index (χ2n) is 5.74. The summed E-state index contributed by atoms with van der Waals surface area (Å²) in [5.41, 5.74) is 0.970. The predicted molar refractivity (Wildman–Crippen MR) is 78.5 cm³/mol. The number of hydrogen-bond acceptors (Lipinski definition) is 3. The maximum Gasteiger partial charge on any atom is 0.306 e. The van der Waals surface area contributed by atoms with E-state index in [1.807, 2.05) is 20.8 Å². The molecule has 0 bridgehead atoms. The van der Waals surface area contributed by atoms with Crippen molar-refractivity contribution in [1.29, 1.82) is 0 Å². The first-order chi connectivity index (χ1) is 9.35. The van der Waals surface area contributed by atoms with E-state index < -0.39 is 5.97 Å². The second kappa shape index (κ2) is 7.43. The van der Waals surface area contributed by atoms with Crippen LogP contribution in [-0.4, -0.2) is 59.0 Å². The van der Waals surface area contributed by atoms with E-state index in [-0.39, 0.29) is 17.9 Å². The summed E-state index contributed by atoms with van der Waals surface area (Å²) in [5.74, 6) is -0.898. The molecule has 0 saturated carbocycles. The molecule has 1 saturated heterocycles. The lowest BCUT2D eigenvalue weighted by Crippen LogP contribution is -2.48. The Morgan fingerprint density at radius 1 is 1.45 bits per heavy atom. The Balaban J connectivity index is 2.53. The van der Waals surface area contributed by atoms with Crippen molar-refractivity contribution in [2.75, 3.05) is 26.2 Å². The maximum absolute atomic E-state index is 12.3. The number of piperidine rings is 1. The molecule has 2 atom stereocenters. The maximum atomic E-state index is 12.3. The minimum atomic E-state index is -0.722. The zero-order valence-corrected chi connectivity index (χ0v) is 12.8. The first-order valence-electron chi connectivity index (χ1n) is 7.24. The third kappa shape index (κ3) is 4.63. The number of carbonyl (C=O) groups is 2. The molecular weight excluding hydrogens is 256 g/mol. The molecule has 0 radical (unpaired) electrons. The van der Waals surface area contributed by atoms with Gasteiger partial charge in [-0.2, -0.15) is 0 Å². The van der Waals surface area contributed by atoms with Gasteiger partial charge in [0.2, 0.25) is 5.91 Å². The topological polar surface area (TPSA) is 60.9 Å². The number of aliphatic carboxylic acids is 1. The Hall–Kier alpha value is -1.36. The molecule has 0 aliphatic carbocycles. The van der Waals surface area contributed by atoms with Gasteiger partial charge in [0.05, 0.1) is 12.5 Å². The molecule has 0 aromatic rings. The molecule has 1 heterocycles. The highest BCUT2D eigenvalue weighted by atomic mass is 16.4. The Morgan fingerprint density at radius 2 is 2.10 bits per heavy atom. The van der Waals surface area contributed by atoms with Gasteiger partial charge in [-0.15, -0.1) is 0 Å². The molecule has 0 spiro atoms. The number of amides is 1. The van der Waals surface area contributed by atoms with Crippen molar-refractivity contribution in [3.8, 4) is 0 Å². The minimum Gasteiger partial charge on any atom is -0.481 e. The lowest BCUT2D eigenvalue weighted by Gasteiger charge is -2.36. The van der Waals surface area contributed by atoms with Gasteiger partial charge in [0, 0.05) is 19.1 Å². The fourth-order valence-corrected chi connectivity index (χ4v) is 2.66. The molecule has 1 amide bonds.